The Morgan fingerprint density at radius 2 is 2.11 bits per heavy atom. The number of piperidine rings is 1. The first-order chi connectivity index (χ1) is 8.75. The summed E-state index contributed by atoms with van der Waals surface area (Å²) < 4.78 is 0. The van der Waals surface area contributed by atoms with E-state index in [1.165, 1.54) is 10.9 Å². The fourth-order valence-corrected chi connectivity index (χ4v) is 2.98. The number of aromatic nitrogens is 1. The molecular formula is C15H19N3. The number of pyridine rings is 1. The van der Waals surface area contributed by atoms with Gasteiger partial charge >= 0.3 is 0 Å². The number of nitrogens with two attached hydrogens (primary N) is 1. The third-order valence-corrected chi connectivity index (χ3v) is 3.94. The van der Waals surface area contributed by atoms with Crippen molar-refractivity contribution in [2.24, 2.45) is 5.73 Å². The fourth-order valence-electron chi connectivity index (χ4n) is 2.98. The van der Waals surface area contributed by atoms with Crippen LogP contribution in [-0.4, -0.2) is 36.1 Å². The van der Waals surface area contributed by atoms with Gasteiger partial charge in [0.2, 0.25) is 0 Å². The Morgan fingerprint density at radius 1 is 1.28 bits per heavy atom. The number of likely N-dealkylation sites (tertiary alicyclic amines) is 1. The lowest BCUT2D eigenvalue weighted by Crippen LogP contribution is -2.45. The quantitative estimate of drug-likeness (QED) is 0.830. The molecule has 1 aromatic carbocycles. The lowest BCUT2D eigenvalue weighted by Gasteiger charge is -2.35. The third-order valence-electron chi connectivity index (χ3n) is 3.94. The van der Waals surface area contributed by atoms with Crippen molar-refractivity contribution in [2.45, 2.75) is 18.4 Å². The summed E-state index contributed by atoms with van der Waals surface area (Å²) in [5, 5.41) is 1.25. The van der Waals surface area contributed by atoms with Gasteiger partial charge in [-0.15, -0.1) is 0 Å². The molecule has 18 heavy (non-hydrogen) atoms. The number of hydrogen-bond acceptors (Lipinski definition) is 3. The normalized spacial score (nSPS) is 25.4. The second-order valence-electron chi connectivity index (χ2n) is 5.24. The van der Waals surface area contributed by atoms with E-state index in [4.69, 9.17) is 5.73 Å². The van der Waals surface area contributed by atoms with Crippen LogP contribution in [0, 0.1) is 0 Å². The number of para-hydroxylation sites is 1. The smallest absolute Gasteiger partial charge is 0.0704 e. The van der Waals surface area contributed by atoms with Gasteiger partial charge in [-0.3, -0.25) is 4.98 Å². The van der Waals surface area contributed by atoms with E-state index in [1.54, 1.807) is 0 Å². The number of nitrogens with zero attached hydrogens (tertiary/aromatic N) is 2. The second-order valence-corrected chi connectivity index (χ2v) is 5.24. The highest BCUT2D eigenvalue weighted by Gasteiger charge is 2.27. The van der Waals surface area contributed by atoms with Gasteiger partial charge in [-0.2, -0.15) is 0 Å². The van der Waals surface area contributed by atoms with Gasteiger partial charge in [0.05, 0.1) is 5.52 Å². The Morgan fingerprint density at radius 3 is 2.94 bits per heavy atom. The summed E-state index contributed by atoms with van der Waals surface area (Å²) in [6, 6.07) is 10.7. The molecule has 1 aliphatic rings. The van der Waals surface area contributed by atoms with Crippen LogP contribution in [0.3, 0.4) is 0 Å². The molecule has 3 rings (SSSR count). The van der Waals surface area contributed by atoms with Crippen LogP contribution in [0.25, 0.3) is 10.9 Å². The van der Waals surface area contributed by atoms with Gasteiger partial charge in [0.15, 0.2) is 0 Å². The predicted octanol–water partition coefficient (Wildman–Crippen LogP) is 1.98. The minimum atomic E-state index is 0.217. The maximum atomic E-state index is 6.33. The summed E-state index contributed by atoms with van der Waals surface area (Å²) in [6.07, 6.45) is 3.04. The van der Waals surface area contributed by atoms with Crippen LogP contribution in [0.2, 0.25) is 0 Å². The first-order valence-corrected chi connectivity index (χ1v) is 6.53. The molecule has 2 heterocycles. The lowest BCUT2D eigenvalue weighted by atomic mass is 9.84. The minimum Gasteiger partial charge on any atom is -0.326 e. The first-order valence-electron chi connectivity index (χ1n) is 6.53. The summed E-state index contributed by atoms with van der Waals surface area (Å²) in [6.45, 7) is 2.09. The van der Waals surface area contributed by atoms with Crippen LogP contribution in [0.1, 0.15) is 17.9 Å². The molecule has 0 spiro atoms. The molecular weight excluding hydrogens is 222 g/mol. The van der Waals surface area contributed by atoms with Crippen molar-refractivity contribution in [1.29, 1.82) is 0 Å². The average molecular weight is 241 g/mol. The van der Waals surface area contributed by atoms with Crippen molar-refractivity contribution in [2.75, 3.05) is 20.1 Å². The molecule has 1 saturated heterocycles. The van der Waals surface area contributed by atoms with E-state index in [9.17, 15) is 0 Å². The van der Waals surface area contributed by atoms with Crippen molar-refractivity contribution in [3.63, 3.8) is 0 Å². The molecule has 3 heteroatoms. The predicted molar refractivity (Wildman–Crippen MR) is 74.6 cm³/mol. The van der Waals surface area contributed by atoms with Gasteiger partial charge in [-0.1, -0.05) is 18.2 Å². The SMILES string of the molecule is CN1CCC(c2ccnc3ccccc23)C(N)C1. The summed E-state index contributed by atoms with van der Waals surface area (Å²) in [5.74, 6) is 0.453. The van der Waals surface area contributed by atoms with Crippen molar-refractivity contribution < 1.29 is 0 Å². The molecule has 0 radical (unpaired) electrons. The van der Waals surface area contributed by atoms with Crippen molar-refractivity contribution in [3.8, 4) is 0 Å². The van der Waals surface area contributed by atoms with E-state index >= 15 is 0 Å². The Hall–Kier alpha value is -1.45. The van der Waals surface area contributed by atoms with Crippen molar-refractivity contribution in [3.05, 3.63) is 42.1 Å². The molecule has 2 N–H and O–H groups in total. The first kappa shape index (κ1) is 11.6. The van der Waals surface area contributed by atoms with E-state index in [0.29, 0.717) is 5.92 Å². The third kappa shape index (κ3) is 2.00. The highest BCUT2D eigenvalue weighted by atomic mass is 15.1. The number of likely N-dealkylation sites (N-methyl/N-ethyl adjacent to an activating group) is 1. The van der Waals surface area contributed by atoms with Gasteiger partial charge in [0, 0.05) is 30.1 Å². The summed E-state index contributed by atoms with van der Waals surface area (Å²) in [7, 11) is 2.14. The zero-order valence-corrected chi connectivity index (χ0v) is 10.7. The average Bonchev–Trinajstić information content (AvgIpc) is 2.38. The van der Waals surface area contributed by atoms with Gasteiger partial charge in [-0.05, 0) is 37.7 Å². The van der Waals surface area contributed by atoms with Crippen LogP contribution in [0.15, 0.2) is 36.5 Å². The van der Waals surface area contributed by atoms with E-state index in [0.717, 1.165) is 25.0 Å². The molecule has 2 atom stereocenters. The van der Waals surface area contributed by atoms with Gasteiger partial charge < -0.3 is 10.6 Å². The van der Waals surface area contributed by atoms with Gasteiger partial charge in [0.25, 0.3) is 0 Å². The largest absolute Gasteiger partial charge is 0.326 e. The minimum absolute atomic E-state index is 0.217. The molecule has 0 amide bonds. The molecule has 3 nitrogen and oxygen atoms in total. The zero-order valence-electron chi connectivity index (χ0n) is 10.7. The number of hydrogen-bond donors (Lipinski definition) is 1. The van der Waals surface area contributed by atoms with E-state index in [-0.39, 0.29) is 6.04 Å². The van der Waals surface area contributed by atoms with Gasteiger partial charge in [0.1, 0.15) is 0 Å². The van der Waals surface area contributed by atoms with Crippen LogP contribution in [-0.2, 0) is 0 Å². The molecule has 0 bridgehead atoms. The Kier molecular flexibility index (Phi) is 3.02. The summed E-state index contributed by atoms with van der Waals surface area (Å²) in [5.41, 5.74) is 8.76. The lowest BCUT2D eigenvalue weighted by molar-refractivity contribution is 0.229. The number of fused-ring (bicyclic) bond motifs is 1. The Labute approximate surface area is 108 Å². The van der Waals surface area contributed by atoms with E-state index < -0.39 is 0 Å². The Balaban J connectivity index is 2.04. The monoisotopic (exact) mass is 241 g/mol. The molecule has 2 aromatic rings. The Bertz CT molecular complexity index is 547. The number of rotatable bonds is 1. The molecule has 1 aliphatic heterocycles. The highest BCUT2D eigenvalue weighted by Crippen LogP contribution is 2.31. The van der Waals surface area contributed by atoms with Crippen LogP contribution in [0.5, 0.6) is 0 Å². The molecule has 0 saturated carbocycles. The molecule has 2 unspecified atom stereocenters. The summed E-state index contributed by atoms with van der Waals surface area (Å²) >= 11 is 0. The molecule has 0 aliphatic carbocycles. The van der Waals surface area contributed by atoms with E-state index in [1.807, 2.05) is 12.3 Å². The molecule has 94 valence electrons. The standard InChI is InChI=1S/C15H19N3/c1-18-9-7-12(14(16)10-18)11-6-8-17-15-5-3-2-4-13(11)15/h2-6,8,12,14H,7,9-10,16H2,1H3. The molecule has 1 fully saturated rings. The van der Waals surface area contributed by atoms with Crippen molar-refractivity contribution in [1.82, 2.24) is 9.88 Å². The van der Waals surface area contributed by atoms with Crippen LogP contribution in [0.4, 0.5) is 0 Å². The fraction of sp³-hybridized carbons (Fsp3) is 0.400. The highest BCUT2D eigenvalue weighted by molar-refractivity contribution is 5.82. The maximum Gasteiger partial charge on any atom is 0.0704 e. The van der Waals surface area contributed by atoms with E-state index in [2.05, 4.69) is 41.2 Å². The van der Waals surface area contributed by atoms with Gasteiger partial charge in [-0.25, -0.2) is 0 Å². The zero-order chi connectivity index (χ0) is 12.5. The van der Waals surface area contributed by atoms with Crippen LogP contribution < -0.4 is 5.73 Å². The van der Waals surface area contributed by atoms with Crippen molar-refractivity contribution >= 4 is 10.9 Å². The van der Waals surface area contributed by atoms with Crippen LogP contribution >= 0.6 is 0 Å². The number of benzene rings is 1. The second kappa shape index (κ2) is 4.67. The maximum absolute atomic E-state index is 6.33. The summed E-state index contributed by atoms with van der Waals surface area (Å²) in [4.78, 5) is 6.74. The molecule has 1 aromatic heterocycles. The topological polar surface area (TPSA) is 42.2 Å².